The number of para-hydroxylation sites is 1. The predicted octanol–water partition coefficient (Wildman–Crippen LogP) is 10.9. The molecule has 3 nitrogen and oxygen atoms in total. The molecule has 0 N–H and O–H groups in total. The fourth-order valence-electron chi connectivity index (χ4n) is 5.68. The van der Waals surface area contributed by atoms with Gasteiger partial charge in [-0.15, -0.1) is 36.2 Å². The molecule has 3 aromatic carbocycles. The third-order valence-corrected chi connectivity index (χ3v) is 9.92. The van der Waals surface area contributed by atoms with Gasteiger partial charge in [-0.05, 0) is 72.6 Å². The van der Waals surface area contributed by atoms with Crippen LogP contribution in [0.3, 0.4) is 0 Å². The molecule has 1 aliphatic heterocycles. The summed E-state index contributed by atoms with van der Waals surface area (Å²) in [6.07, 6.45) is 24.6. The minimum Gasteiger partial charge on any atom is -0.489 e. The van der Waals surface area contributed by atoms with E-state index >= 15 is 0 Å². The van der Waals surface area contributed by atoms with E-state index in [1.165, 1.54) is 85.2 Å². The van der Waals surface area contributed by atoms with Gasteiger partial charge in [0, 0.05) is 54.5 Å². The Morgan fingerprint density at radius 1 is 0.809 bits per heavy atom. The van der Waals surface area contributed by atoms with Crippen molar-refractivity contribution in [2.24, 2.45) is 5.41 Å². The van der Waals surface area contributed by atoms with Crippen LogP contribution in [-0.2, 0) is 19.6 Å². The minimum atomic E-state index is 0.577. The fourth-order valence-corrected chi connectivity index (χ4v) is 7.09. The molecule has 4 aromatic rings. The molecule has 1 aromatic heterocycles. The molecule has 252 valence electrons. The standard InChI is InChI=1S/C20H33NS.C19H18NO.C2H2.CH3Cl/c1-5-7-12-20(13-8-6-2)14-11-17-15-18(21(3)4)9-10-19(17)22-16-20;1-3-7-19(8-4-1)21-16-18-11-9-17(10-12-18)15-20-13-5-2-6-14-20;2*1-2/h9-10,15H,5-8,11-14,16H2,1-4H3;1-14H,15-16H2;1-2H;1H3/q;+1;;. The number of pyridine rings is 1. The summed E-state index contributed by atoms with van der Waals surface area (Å²) < 4.78 is 7.91. The van der Waals surface area contributed by atoms with Gasteiger partial charge in [-0.25, -0.2) is 4.57 Å². The molecular formula is C42H56ClN2OS+. The number of fused-ring (bicyclic) bond motifs is 1. The SMILES string of the molecule is C#C.CCCCC1(CCCC)CCc2cc(N(C)C)ccc2SC1.CCl.c1ccc(OCc2ccc(C[n+]3ccccc3)cc2)cc1. The van der Waals surface area contributed by atoms with E-state index in [4.69, 9.17) is 4.74 Å². The second-order valence-corrected chi connectivity index (χ2v) is 13.2. The summed E-state index contributed by atoms with van der Waals surface area (Å²) in [5.74, 6) is 2.22. The number of rotatable bonds is 12. The van der Waals surface area contributed by atoms with Crippen LogP contribution < -0.4 is 14.2 Å². The molecule has 0 bridgehead atoms. The molecular weight excluding hydrogens is 616 g/mol. The van der Waals surface area contributed by atoms with Crippen molar-refractivity contribution in [1.29, 1.82) is 0 Å². The van der Waals surface area contributed by atoms with Gasteiger partial charge in [-0.3, -0.25) is 0 Å². The lowest BCUT2D eigenvalue weighted by Crippen LogP contribution is -2.32. The van der Waals surface area contributed by atoms with Crippen molar-refractivity contribution in [2.45, 2.75) is 83.3 Å². The van der Waals surface area contributed by atoms with E-state index in [0.29, 0.717) is 12.0 Å². The third kappa shape index (κ3) is 14.1. The van der Waals surface area contributed by atoms with Crippen molar-refractivity contribution in [3.05, 3.63) is 120 Å². The molecule has 0 saturated carbocycles. The Labute approximate surface area is 295 Å². The zero-order valence-electron chi connectivity index (χ0n) is 29.3. The molecule has 0 saturated heterocycles. The first-order valence-electron chi connectivity index (χ1n) is 16.8. The van der Waals surface area contributed by atoms with Crippen LogP contribution in [0.2, 0.25) is 0 Å². The molecule has 0 radical (unpaired) electrons. The topological polar surface area (TPSA) is 16.4 Å². The number of nitrogens with zero attached hydrogens (tertiary/aromatic N) is 2. The van der Waals surface area contributed by atoms with Gasteiger partial charge in [0.25, 0.3) is 0 Å². The van der Waals surface area contributed by atoms with Crippen LogP contribution in [0.5, 0.6) is 5.75 Å². The molecule has 0 fully saturated rings. The first-order chi connectivity index (χ1) is 23.0. The van der Waals surface area contributed by atoms with E-state index in [0.717, 1.165) is 12.3 Å². The van der Waals surface area contributed by atoms with Gasteiger partial charge in [-0.1, -0.05) is 88.1 Å². The number of hydrogen-bond donors (Lipinski definition) is 0. The number of alkyl halides is 1. The Bertz CT molecular complexity index is 1380. The van der Waals surface area contributed by atoms with E-state index in [9.17, 15) is 0 Å². The summed E-state index contributed by atoms with van der Waals surface area (Å²) in [5.41, 5.74) is 5.96. The molecule has 1 aliphatic rings. The highest BCUT2D eigenvalue weighted by Gasteiger charge is 2.31. The zero-order chi connectivity index (χ0) is 34.3. The Kier molecular flexibility index (Phi) is 19.5. The largest absolute Gasteiger partial charge is 0.489 e. The second-order valence-electron chi connectivity index (χ2n) is 12.1. The van der Waals surface area contributed by atoms with Gasteiger partial charge >= 0.3 is 0 Å². The highest BCUT2D eigenvalue weighted by molar-refractivity contribution is 7.99. The maximum absolute atomic E-state index is 5.74. The Morgan fingerprint density at radius 3 is 2.00 bits per heavy atom. The predicted molar refractivity (Wildman–Crippen MR) is 206 cm³/mol. The quantitative estimate of drug-likeness (QED) is 0.0847. The highest BCUT2D eigenvalue weighted by Crippen LogP contribution is 2.45. The van der Waals surface area contributed by atoms with E-state index in [-0.39, 0.29) is 0 Å². The van der Waals surface area contributed by atoms with Crippen molar-refractivity contribution in [3.63, 3.8) is 0 Å². The summed E-state index contributed by atoms with van der Waals surface area (Å²) >= 11 is 6.76. The van der Waals surface area contributed by atoms with Crippen LogP contribution in [0.1, 0.15) is 75.5 Å². The summed E-state index contributed by atoms with van der Waals surface area (Å²) in [5, 5.41) is 0. The van der Waals surface area contributed by atoms with Gasteiger partial charge in [0.2, 0.25) is 0 Å². The average molecular weight is 672 g/mol. The first kappa shape index (κ1) is 39.8. The van der Waals surface area contributed by atoms with Crippen LogP contribution >= 0.6 is 23.4 Å². The van der Waals surface area contributed by atoms with Gasteiger partial charge in [0.1, 0.15) is 12.4 Å². The molecule has 5 heteroatoms. The molecule has 0 amide bonds. The van der Waals surface area contributed by atoms with E-state index < -0.39 is 0 Å². The Balaban J connectivity index is 0.000000296. The summed E-state index contributed by atoms with van der Waals surface area (Å²) in [6.45, 7) is 6.15. The lowest BCUT2D eigenvalue weighted by atomic mass is 9.75. The molecule has 0 spiro atoms. The molecule has 0 aliphatic carbocycles. The maximum atomic E-state index is 5.74. The molecule has 0 unspecified atom stereocenters. The number of anilines is 1. The number of aromatic nitrogens is 1. The number of hydrogen-bond acceptors (Lipinski definition) is 3. The van der Waals surface area contributed by atoms with E-state index in [1.807, 2.05) is 48.5 Å². The minimum absolute atomic E-state index is 0.577. The monoisotopic (exact) mass is 671 g/mol. The number of benzene rings is 3. The van der Waals surface area contributed by atoms with Crippen molar-refractivity contribution in [1.82, 2.24) is 0 Å². The number of terminal acetylenes is 1. The molecule has 0 atom stereocenters. The molecule has 2 heterocycles. The summed E-state index contributed by atoms with van der Waals surface area (Å²) in [7, 11) is 4.27. The van der Waals surface area contributed by atoms with Crippen LogP contribution in [-0.4, -0.2) is 26.2 Å². The smallest absolute Gasteiger partial charge is 0.173 e. The van der Waals surface area contributed by atoms with Crippen molar-refractivity contribution in [2.75, 3.05) is 31.1 Å². The van der Waals surface area contributed by atoms with Crippen LogP contribution in [0.25, 0.3) is 0 Å². The normalized spacial score (nSPS) is 12.7. The van der Waals surface area contributed by atoms with E-state index in [1.54, 1.807) is 5.56 Å². The summed E-state index contributed by atoms with van der Waals surface area (Å²) in [4.78, 5) is 3.75. The van der Waals surface area contributed by atoms with Crippen molar-refractivity contribution < 1.29 is 9.30 Å². The van der Waals surface area contributed by atoms with Gasteiger partial charge in [0.15, 0.2) is 18.9 Å². The van der Waals surface area contributed by atoms with Crippen molar-refractivity contribution >= 4 is 29.1 Å². The Hall–Kier alpha value is -3.39. The number of thioether (sulfide) groups is 1. The van der Waals surface area contributed by atoms with Crippen LogP contribution in [0.15, 0.2) is 108 Å². The maximum Gasteiger partial charge on any atom is 0.173 e. The van der Waals surface area contributed by atoms with Crippen molar-refractivity contribution in [3.8, 4) is 18.6 Å². The van der Waals surface area contributed by atoms with Crippen LogP contribution in [0, 0.1) is 18.3 Å². The average Bonchev–Trinajstić information content (AvgIpc) is 3.32. The number of halogens is 1. The lowest BCUT2D eigenvalue weighted by Gasteiger charge is -2.32. The fraction of sp³-hybridized carbons (Fsp3) is 0.405. The summed E-state index contributed by atoms with van der Waals surface area (Å²) in [6, 6.07) is 31.6. The van der Waals surface area contributed by atoms with Gasteiger partial charge < -0.3 is 9.64 Å². The number of ether oxygens (including phenoxy) is 1. The lowest BCUT2D eigenvalue weighted by molar-refractivity contribution is -0.688. The zero-order valence-corrected chi connectivity index (χ0v) is 30.9. The number of aryl methyl sites for hydroxylation is 1. The third-order valence-electron chi connectivity index (χ3n) is 8.45. The molecule has 47 heavy (non-hydrogen) atoms. The van der Waals surface area contributed by atoms with Gasteiger partial charge in [0.05, 0.1) is 0 Å². The molecule has 5 rings (SSSR count). The van der Waals surface area contributed by atoms with E-state index in [2.05, 4.69) is 128 Å². The second kappa shape index (κ2) is 23.0. The number of unbranched alkanes of at least 4 members (excludes halogenated alkanes) is 2. The first-order valence-corrected chi connectivity index (χ1v) is 18.6. The Morgan fingerprint density at radius 2 is 1.40 bits per heavy atom. The van der Waals surface area contributed by atoms with Gasteiger partial charge in [-0.2, -0.15) is 0 Å². The van der Waals surface area contributed by atoms with Crippen LogP contribution in [0.4, 0.5) is 5.69 Å². The highest BCUT2D eigenvalue weighted by atomic mass is 35.5.